The van der Waals surface area contributed by atoms with Crippen LogP contribution in [0.15, 0.2) is 79.1 Å². The van der Waals surface area contributed by atoms with Crippen LogP contribution < -0.4 is 10.6 Å². The van der Waals surface area contributed by atoms with Gasteiger partial charge in [-0.15, -0.1) is 0 Å². The van der Waals surface area contributed by atoms with Crippen LogP contribution in [-0.4, -0.2) is 25.8 Å². The molecule has 1 amide bonds. The fourth-order valence-electron chi connectivity index (χ4n) is 2.81. The Bertz CT molecular complexity index is 1130. The Morgan fingerprint density at radius 1 is 0.862 bits per heavy atom. The number of benzene rings is 2. The summed E-state index contributed by atoms with van der Waals surface area (Å²) >= 11 is 0. The van der Waals surface area contributed by atoms with E-state index in [1.807, 2.05) is 49.4 Å². The molecule has 7 heteroatoms. The second-order valence-corrected chi connectivity index (χ2v) is 6.28. The number of anilines is 3. The first kappa shape index (κ1) is 18.2. The molecule has 29 heavy (non-hydrogen) atoms. The van der Waals surface area contributed by atoms with Crippen molar-refractivity contribution in [2.24, 2.45) is 0 Å². The zero-order chi connectivity index (χ0) is 20.1. The molecule has 0 bridgehead atoms. The largest absolute Gasteiger partial charge is 0.340 e. The number of carbonyl (C=O) groups excluding carboxylic acids is 1. The van der Waals surface area contributed by atoms with E-state index in [1.54, 1.807) is 36.7 Å². The van der Waals surface area contributed by atoms with E-state index in [2.05, 4.69) is 30.6 Å². The molecule has 0 fully saturated rings. The summed E-state index contributed by atoms with van der Waals surface area (Å²) < 4.78 is 0. The van der Waals surface area contributed by atoms with Gasteiger partial charge in [-0.05, 0) is 31.2 Å². The Morgan fingerprint density at radius 3 is 2.45 bits per heavy atom. The van der Waals surface area contributed by atoms with E-state index < -0.39 is 0 Å². The van der Waals surface area contributed by atoms with Gasteiger partial charge in [-0.25, -0.2) is 19.9 Å². The predicted octanol–water partition coefficient (Wildman–Crippen LogP) is 4.24. The van der Waals surface area contributed by atoms with Crippen LogP contribution in [0, 0.1) is 6.92 Å². The van der Waals surface area contributed by atoms with Gasteiger partial charge in [-0.3, -0.25) is 10.1 Å². The summed E-state index contributed by atoms with van der Waals surface area (Å²) in [6, 6.07) is 20.6. The monoisotopic (exact) mass is 382 g/mol. The van der Waals surface area contributed by atoms with E-state index in [-0.39, 0.29) is 11.9 Å². The summed E-state index contributed by atoms with van der Waals surface area (Å²) in [5, 5.41) is 5.93. The number of nitrogens with one attached hydrogen (secondary N) is 2. The van der Waals surface area contributed by atoms with Gasteiger partial charge in [0, 0.05) is 35.3 Å². The highest BCUT2D eigenvalue weighted by molar-refractivity contribution is 6.03. The van der Waals surface area contributed by atoms with E-state index in [1.165, 1.54) is 0 Å². The number of rotatable bonds is 5. The van der Waals surface area contributed by atoms with Crippen molar-refractivity contribution in [2.75, 3.05) is 10.6 Å². The minimum atomic E-state index is -0.288. The Morgan fingerprint density at radius 2 is 1.66 bits per heavy atom. The molecular formula is C22H18N6O. The molecule has 2 aromatic heterocycles. The first-order valence-electron chi connectivity index (χ1n) is 9.04. The molecule has 7 nitrogen and oxygen atoms in total. The van der Waals surface area contributed by atoms with E-state index in [0.717, 1.165) is 16.9 Å². The molecule has 0 saturated heterocycles. The van der Waals surface area contributed by atoms with Crippen molar-refractivity contribution in [3.8, 4) is 11.3 Å². The second kappa shape index (κ2) is 8.26. The normalized spacial score (nSPS) is 10.4. The fourth-order valence-corrected chi connectivity index (χ4v) is 2.81. The summed E-state index contributed by atoms with van der Waals surface area (Å²) in [5.74, 6) is 1.28. The molecule has 0 aliphatic rings. The number of carbonyl (C=O) groups is 1. The summed E-state index contributed by atoms with van der Waals surface area (Å²) in [4.78, 5) is 29.4. The molecular weight excluding hydrogens is 364 g/mol. The third-order valence-electron chi connectivity index (χ3n) is 4.10. The van der Waals surface area contributed by atoms with Crippen molar-refractivity contribution < 1.29 is 4.79 Å². The summed E-state index contributed by atoms with van der Waals surface area (Å²) in [6.07, 6.45) is 3.14. The Hall–Kier alpha value is -4.13. The molecule has 0 saturated carbocycles. The summed E-state index contributed by atoms with van der Waals surface area (Å²) in [7, 11) is 0. The van der Waals surface area contributed by atoms with Gasteiger partial charge in [-0.1, -0.05) is 36.4 Å². The van der Waals surface area contributed by atoms with Crippen LogP contribution in [-0.2, 0) is 0 Å². The average molecular weight is 382 g/mol. The minimum absolute atomic E-state index is 0.259. The first-order chi connectivity index (χ1) is 14.2. The van der Waals surface area contributed by atoms with Crippen molar-refractivity contribution >= 4 is 23.4 Å². The number of amides is 1. The lowest BCUT2D eigenvalue weighted by atomic mass is 10.1. The SMILES string of the molecule is Cc1nc(Nc2cccc(C(=O)Nc3ncccn3)c2)cc(-c2ccccc2)n1. The highest BCUT2D eigenvalue weighted by Crippen LogP contribution is 2.22. The second-order valence-electron chi connectivity index (χ2n) is 6.28. The third kappa shape index (κ3) is 4.59. The molecule has 0 radical (unpaired) electrons. The average Bonchev–Trinajstić information content (AvgIpc) is 2.75. The number of hydrogen-bond donors (Lipinski definition) is 2. The smallest absolute Gasteiger partial charge is 0.258 e. The number of aryl methyl sites for hydroxylation is 1. The molecule has 4 aromatic rings. The van der Waals surface area contributed by atoms with Crippen LogP contribution >= 0.6 is 0 Å². The van der Waals surface area contributed by atoms with Crippen LogP contribution in [0.2, 0.25) is 0 Å². The molecule has 142 valence electrons. The Labute approximate surface area is 167 Å². The van der Waals surface area contributed by atoms with E-state index in [0.29, 0.717) is 17.2 Å². The van der Waals surface area contributed by atoms with E-state index in [4.69, 9.17) is 0 Å². The maximum atomic E-state index is 12.5. The topological polar surface area (TPSA) is 92.7 Å². The highest BCUT2D eigenvalue weighted by atomic mass is 16.1. The molecule has 0 spiro atoms. The molecule has 0 aliphatic heterocycles. The quantitative estimate of drug-likeness (QED) is 0.536. The van der Waals surface area contributed by atoms with Crippen molar-refractivity contribution in [2.45, 2.75) is 6.92 Å². The lowest BCUT2D eigenvalue weighted by Gasteiger charge is -2.10. The van der Waals surface area contributed by atoms with Crippen molar-refractivity contribution in [1.29, 1.82) is 0 Å². The molecule has 2 heterocycles. The van der Waals surface area contributed by atoms with E-state index >= 15 is 0 Å². The van der Waals surface area contributed by atoms with Gasteiger partial charge in [0.25, 0.3) is 5.91 Å². The highest BCUT2D eigenvalue weighted by Gasteiger charge is 2.09. The Kier molecular flexibility index (Phi) is 5.20. The van der Waals surface area contributed by atoms with Crippen LogP contribution in [0.5, 0.6) is 0 Å². The van der Waals surface area contributed by atoms with Gasteiger partial charge in [0.1, 0.15) is 11.6 Å². The van der Waals surface area contributed by atoms with Gasteiger partial charge in [0.05, 0.1) is 5.69 Å². The van der Waals surface area contributed by atoms with Crippen molar-refractivity contribution in [3.05, 3.63) is 90.5 Å². The zero-order valence-corrected chi connectivity index (χ0v) is 15.7. The van der Waals surface area contributed by atoms with Crippen LogP contribution in [0.1, 0.15) is 16.2 Å². The predicted molar refractivity (Wildman–Crippen MR) is 112 cm³/mol. The fraction of sp³-hybridized carbons (Fsp3) is 0.0455. The molecule has 2 aromatic carbocycles. The number of hydrogen-bond acceptors (Lipinski definition) is 6. The van der Waals surface area contributed by atoms with Crippen LogP contribution in [0.3, 0.4) is 0 Å². The molecule has 0 aliphatic carbocycles. The lowest BCUT2D eigenvalue weighted by molar-refractivity contribution is 0.102. The number of aromatic nitrogens is 4. The lowest BCUT2D eigenvalue weighted by Crippen LogP contribution is -2.14. The van der Waals surface area contributed by atoms with Gasteiger partial charge in [-0.2, -0.15) is 0 Å². The summed E-state index contributed by atoms with van der Waals surface area (Å²) in [6.45, 7) is 1.85. The molecule has 4 rings (SSSR count). The maximum Gasteiger partial charge on any atom is 0.258 e. The van der Waals surface area contributed by atoms with Crippen LogP contribution in [0.25, 0.3) is 11.3 Å². The van der Waals surface area contributed by atoms with Gasteiger partial charge in [0.15, 0.2) is 0 Å². The van der Waals surface area contributed by atoms with Crippen molar-refractivity contribution in [1.82, 2.24) is 19.9 Å². The van der Waals surface area contributed by atoms with Gasteiger partial charge in [0.2, 0.25) is 5.95 Å². The zero-order valence-electron chi connectivity index (χ0n) is 15.7. The molecule has 2 N–H and O–H groups in total. The minimum Gasteiger partial charge on any atom is -0.340 e. The van der Waals surface area contributed by atoms with E-state index in [9.17, 15) is 4.79 Å². The van der Waals surface area contributed by atoms with Crippen molar-refractivity contribution in [3.63, 3.8) is 0 Å². The maximum absolute atomic E-state index is 12.5. The first-order valence-corrected chi connectivity index (χ1v) is 9.04. The molecule has 0 unspecified atom stereocenters. The van der Waals surface area contributed by atoms with Gasteiger partial charge >= 0.3 is 0 Å². The van der Waals surface area contributed by atoms with Gasteiger partial charge < -0.3 is 5.32 Å². The Balaban J connectivity index is 1.55. The standard InChI is InChI=1S/C22H18N6O/c1-15-25-19(16-7-3-2-4-8-16)14-20(26-15)27-18-10-5-9-17(13-18)21(29)28-22-23-11-6-12-24-22/h2-14H,1H3,(H,25,26,27)(H,23,24,28,29). The number of nitrogens with zero attached hydrogens (tertiary/aromatic N) is 4. The third-order valence-corrected chi connectivity index (χ3v) is 4.10. The molecule has 0 atom stereocenters. The summed E-state index contributed by atoms with van der Waals surface area (Å²) in [5.41, 5.74) is 3.06. The van der Waals surface area contributed by atoms with Crippen LogP contribution in [0.4, 0.5) is 17.5 Å².